The molecule has 0 spiro atoms. The second-order valence-corrected chi connectivity index (χ2v) is 11.5. The Bertz CT molecular complexity index is 1640. The standard InChI is InChI=1S/C32H30NS/c1-19-24-13-6-7-14-25(24)20(2)32-28(19)31-30-26(15-16-33(31)3)29-22(17-21-9-4-5-10-21)11-8-12-23(29)18-27(30)34-32/h6-8,11-16,18,21H,4-5,9-10,17H2,1-3H3/q+1. The minimum absolute atomic E-state index is 0.846. The van der Waals surface area contributed by atoms with E-state index in [4.69, 9.17) is 0 Å². The molecule has 7 rings (SSSR count). The molecule has 168 valence electrons. The predicted molar refractivity (Wildman–Crippen MR) is 145 cm³/mol. The molecular formula is C32H30NS+. The lowest BCUT2D eigenvalue weighted by Gasteiger charge is -2.24. The van der Waals surface area contributed by atoms with Gasteiger partial charge in [0, 0.05) is 21.2 Å². The number of hydrogen-bond donors (Lipinski definition) is 0. The van der Waals surface area contributed by atoms with Crippen molar-refractivity contribution >= 4 is 44.1 Å². The molecule has 0 atom stereocenters. The van der Waals surface area contributed by atoms with E-state index in [0.29, 0.717) is 0 Å². The molecule has 5 aromatic rings. The Hall–Kier alpha value is -2.84. The third-order valence-electron chi connectivity index (χ3n) is 8.42. The van der Waals surface area contributed by atoms with E-state index >= 15 is 0 Å². The predicted octanol–water partition coefficient (Wildman–Crippen LogP) is 8.45. The second-order valence-electron chi connectivity index (χ2n) is 10.4. The highest BCUT2D eigenvalue weighted by atomic mass is 32.2. The monoisotopic (exact) mass is 460 g/mol. The van der Waals surface area contributed by atoms with Gasteiger partial charge in [-0.2, -0.15) is 0 Å². The second kappa shape index (κ2) is 7.58. The Kier molecular flexibility index (Phi) is 4.58. The summed E-state index contributed by atoms with van der Waals surface area (Å²) < 4.78 is 2.36. The molecule has 0 radical (unpaired) electrons. The Labute approximate surface area is 205 Å². The molecule has 4 aromatic carbocycles. The Morgan fingerprint density at radius 2 is 1.62 bits per heavy atom. The van der Waals surface area contributed by atoms with Crippen molar-refractivity contribution in [1.82, 2.24) is 0 Å². The van der Waals surface area contributed by atoms with Crippen molar-refractivity contribution in [2.45, 2.75) is 55.7 Å². The molecule has 2 heterocycles. The van der Waals surface area contributed by atoms with Crippen LogP contribution in [0.2, 0.25) is 0 Å². The number of aromatic nitrogens is 1. The first-order valence-corrected chi connectivity index (χ1v) is 13.5. The van der Waals surface area contributed by atoms with Crippen molar-refractivity contribution in [3.8, 4) is 11.3 Å². The van der Waals surface area contributed by atoms with E-state index in [1.165, 1.54) is 102 Å². The van der Waals surface area contributed by atoms with Crippen molar-refractivity contribution in [3.63, 3.8) is 0 Å². The summed E-state index contributed by atoms with van der Waals surface area (Å²) in [4.78, 5) is 2.82. The maximum atomic E-state index is 2.47. The zero-order valence-corrected chi connectivity index (χ0v) is 21.1. The minimum Gasteiger partial charge on any atom is -0.200 e. The van der Waals surface area contributed by atoms with Crippen LogP contribution in [-0.2, 0) is 13.5 Å². The van der Waals surface area contributed by atoms with E-state index in [1.807, 2.05) is 11.8 Å². The smallest absolute Gasteiger partial charge is 0.200 e. The lowest BCUT2D eigenvalue weighted by Crippen LogP contribution is -2.32. The third kappa shape index (κ3) is 2.84. The summed E-state index contributed by atoms with van der Waals surface area (Å²) in [6.07, 6.45) is 9.09. The summed E-state index contributed by atoms with van der Waals surface area (Å²) in [7, 11) is 2.22. The summed E-state index contributed by atoms with van der Waals surface area (Å²) >= 11 is 1.98. The Balaban J connectivity index is 1.59. The fraction of sp³-hybridized carbons (Fsp3) is 0.281. The minimum atomic E-state index is 0.846. The van der Waals surface area contributed by atoms with Crippen molar-refractivity contribution in [3.05, 3.63) is 77.5 Å². The molecule has 0 N–H and O–H groups in total. The van der Waals surface area contributed by atoms with Crippen LogP contribution in [0.25, 0.3) is 43.6 Å². The van der Waals surface area contributed by atoms with Crippen molar-refractivity contribution < 1.29 is 4.57 Å². The third-order valence-corrected chi connectivity index (χ3v) is 9.68. The molecule has 34 heavy (non-hydrogen) atoms. The maximum Gasteiger partial charge on any atom is 0.222 e. The van der Waals surface area contributed by atoms with Gasteiger partial charge in [-0.1, -0.05) is 79.9 Å². The summed E-state index contributed by atoms with van der Waals surface area (Å²) in [5.41, 5.74) is 7.15. The largest absolute Gasteiger partial charge is 0.222 e. The topological polar surface area (TPSA) is 3.88 Å². The quantitative estimate of drug-likeness (QED) is 0.185. The Morgan fingerprint density at radius 3 is 2.41 bits per heavy atom. The highest BCUT2D eigenvalue weighted by Gasteiger charge is 2.31. The SMILES string of the molecule is Cc1c2c(c(C)c3ccccc13)-c1c3c(cc4cccc(CC5CCCC5)c4c3cc[n+]1C)S2. The van der Waals surface area contributed by atoms with Gasteiger partial charge in [0.25, 0.3) is 0 Å². The zero-order chi connectivity index (χ0) is 23.0. The van der Waals surface area contributed by atoms with Gasteiger partial charge in [-0.25, -0.2) is 4.57 Å². The highest BCUT2D eigenvalue weighted by Crippen LogP contribution is 2.52. The van der Waals surface area contributed by atoms with E-state index in [1.54, 1.807) is 0 Å². The van der Waals surface area contributed by atoms with Gasteiger partial charge in [-0.15, -0.1) is 0 Å². The van der Waals surface area contributed by atoms with Crippen LogP contribution in [0.1, 0.15) is 42.4 Å². The van der Waals surface area contributed by atoms with Gasteiger partial charge in [-0.05, 0) is 70.5 Å². The van der Waals surface area contributed by atoms with Crippen LogP contribution in [-0.4, -0.2) is 0 Å². The van der Waals surface area contributed by atoms with Crippen LogP contribution in [0.3, 0.4) is 0 Å². The van der Waals surface area contributed by atoms with E-state index in [2.05, 4.69) is 86.3 Å². The molecule has 0 amide bonds. The number of nitrogens with zero attached hydrogens (tertiary/aromatic N) is 1. The van der Waals surface area contributed by atoms with Gasteiger partial charge < -0.3 is 0 Å². The van der Waals surface area contributed by atoms with Crippen LogP contribution >= 0.6 is 11.8 Å². The van der Waals surface area contributed by atoms with Gasteiger partial charge in [0.2, 0.25) is 5.69 Å². The van der Waals surface area contributed by atoms with Crippen molar-refractivity contribution in [1.29, 1.82) is 0 Å². The highest BCUT2D eigenvalue weighted by molar-refractivity contribution is 8.00. The molecule has 1 aromatic heterocycles. The first kappa shape index (κ1) is 20.5. The summed E-state index contributed by atoms with van der Waals surface area (Å²) in [5.74, 6) is 0.846. The van der Waals surface area contributed by atoms with Gasteiger partial charge in [0.1, 0.15) is 7.05 Å². The average molecular weight is 461 g/mol. The average Bonchev–Trinajstić information content (AvgIpc) is 3.37. The summed E-state index contributed by atoms with van der Waals surface area (Å²) in [6.45, 7) is 4.62. The molecule has 2 aliphatic rings. The molecule has 2 heteroatoms. The van der Waals surface area contributed by atoms with Gasteiger partial charge in [0.15, 0.2) is 6.20 Å². The van der Waals surface area contributed by atoms with Crippen LogP contribution in [0.15, 0.2) is 70.6 Å². The molecule has 1 fully saturated rings. The molecule has 0 bridgehead atoms. The van der Waals surface area contributed by atoms with E-state index in [-0.39, 0.29) is 0 Å². The Morgan fingerprint density at radius 1 is 0.853 bits per heavy atom. The molecule has 1 aliphatic heterocycles. The lowest BCUT2D eigenvalue weighted by atomic mass is 9.88. The maximum absolute atomic E-state index is 2.47. The fourth-order valence-corrected chi connectivity index (χ4v) is 8.07. The van der Waals surface area contributed by atoms with Crippen molar-refractivity contribution in [2.24, 2.45) is 13.0 Å². The van der Waals surface area contributed by atoms with Crippen LogP contribution < -0.4 is 4.57 Å². The van der Waals surface area contributed by atoms with E-state index in [9.17, 15) is 0 Å². The number of rotatable bonds is 2. The normalized spacial score (nSPS) is 15.5. The number of hydrogen-bond acceptors (Lipinski definition) is 1. The van der Waals surface area contributed by atoms with Crippen LogP contribution in [0, 0.1) is 19.8 Å². The first-order valence-electron chi connectivity index (χ1n) is 12.7. The first-order chi connectivity index (χ1) is 16.6. The van der Waals surface area contributed by atoms with E-state index < -0.39 is 0 Å². The van der Waals surface area contributed by atoms with Gasteiger partial charge in [-0.3, -0.25) is 0 Å². The van der Waals surface area contributed by atoms with Crippen molar-refractivity contribution in [2.75, 3.05) is 0 Å². The van der Waals surface area contributed by atoms with Crippen LogP contribution in [0.5, 0.6) is 0 Å². The van der Waals surface area contributed by atoms with Crippen LogP contribution in [0.4, 0.5) is 0 Å². The molecule has 1 aliphatic carbocycles. The number of fused-ring (bicyclic) bond motifs is 5. The molecule has 0 saturated heterocycles. The van der Waals surface area contributed by atoms with Gasteiger partial charge in [0.05, 0.1) is 10.9 Å². The summed E-state index contributed by atoms with van der Waals surface area (Å²) in [6, 6.07) is 20.8. The zero-order valence-electron chi connectivity index (χ0n) is 20.2. The number of pyridine rings is 1. The number of aryl methyl sites for hydroxylation is 3. The molecule has 1 nitrogen and oxygen atoms in total. The summed E-state index contributed by atoms with van der Waals surface area (Å²) in [5, 5.41) is 8.49. The molecule has 0 unspecified atom stereocenters. The number of benzene rings is 4. The lowest BCUT2D eigenvalue weighted by molar-refractivity contribution is -0.659. The van der Waals surface area contributed by atoms with E-state index in [0.717, 1.165) is 5.92 Å². The molecule has 1 saturated carbocycles. The fourth-order valence-electron chi connectivity index (χ4n) is 6.74. The van der Waals surface area contributed by atoms with Gasteiger partial charge >= 0.3 is 0 Å². The molecular weight excluding hydrogens is 430 g/mol.